The molecule has 4 rings (SSSR count). The van der Waals surface area contributed by atoms with Gasteiger partial charge in [-0.25, -0.2) is 4.98 Å². The van der Waals surface area contributed by atoms with Gasteiger partial charge in [0.05, 0.1) is 31.6 Å². The van der Waals surface area contributed by atoms with Crippen molar-refractivity contribution in [3.8, 4) is 0 Å². The average molecular weight is 306 g/mol. The van der Waals surface area contributed by atoms with Crippen LogP contribution in [0.4, 0.5) is 11.8 Å². The number of ether oxygens (including phenoxy) is 2. The molecule has 120 valence electrons. The number of nitrogens with zero attached hydrogens (tertiary/aromatic N) is 4. The summed E-state index contributed by atoms with van der Waals surface area (Å²) in [6.45, 7) is 5.98. The zero-order valence-electron chi connectivity index (χ0n) is 12.6. The molecule has 0 aromatic carbocycles. The van der Waals surface area contributed by atoms with Crippen LogP contribution in [0.25, 0.3) is 0 Å². The standard InChI is InChI=1S/C15H22N4O3/c20-12-8-19(9-12)15-16-13(11-1-4-22-10-11)7-14(17-15)18-2-5-21-6-3-18/h7,11-12,20H,1-6,8-10H2/t11-/m0/s1. The fourth-order valence-corrected chi connectivity index (χ4v) is 3.13. The smallest absolute Gasteiger partial charge is 0.227 e. The van der Waals surface area contributed by atoms with Gasteiger partial charge in [-0.3, -0.25) is 0 Å². The Morgan fingerprint density at radius 1 is 1.05 bits per heavy atom. The topological polar surface area (TPSA) is 71.0 Å². The molecular weight excluding hydrogens is 284 g/mol. The lowest BCUT2D eigenvalue weighted by molar-refractivity contribution is 0.122. The maximum atomic E-state index is 9.53. The maximum Gasteiger partial charge on any atom is 0.227 e. The first-order chi connectivity index (χ1) is 10.8. The number of rotatable bonds is 3. The Morgan fingerprint density at radius 3 is 2.55 bits per heavy atom. The van der Waals surface area contributed by atoms with Gasteiger partial charge in [-0.15, -0.1) is 0 Å². The van der Waals surface area contributed by atoms with E-state index in [9.17, 15) is 5.11 Å². The van der Waals surface area contributed by atoms with Crippen molar-refractivity contribution in [3.63, 3.8) is 0 Å². The molecule has 0 aliphatic carbocycles. The van der Waals surface area contributed by atoms with E-state index in [0.717, 1.165) is 63.4 Å². The summed E-state index contributed by atoms with van der Waals surface area (Å²) < 4.78 is 10.9. The molecule has 1 aromatic rings. The molecule has 4 heterocycles. The van der Waals surface area contributed by atoms with Crippen molar-refractivity contribution < 1.29 is 14.6 Å². The highest BCUT2D eigenvalue weighted by Gasteiger charge is 2.29. The lowest BCUT2D eigenvalue weighted by Crippen LogP contribution is -2.51. The second-order valence-corrected chi connectivity index (χ2v) is 6.17. The molecule has 7 nitrogen and oxygen atoms in total. The molecule has 3 aliphatic rings. The number of hydrogen-bond donors (Lipinski definition) is 1. The summed E-state index contributed by atoms with van der Waals surface area (Å²) in [7, 11) is 0. The molecule has 1 N–H and O–H groups in total. The lowest BCUT2D eigenvalue weighted by atomic mass is 10.0. The summed E-state index contributed by atoms with van der Waals surface area (Å²) in [5.74, 6) is 2.06. The van der Waals surface area contributed by atoms with E-state index in [-0.39, 0.29) is 6.10 Å². The Bertz CT molecular complexity index is 524. The molecule has 1 atom stereocenters. The van der Waals surface area contributed by atoms with Gasteiger partial charge in [0.15, 0.2) is 0 Å². The predicted molar refractivity (Wildman–Crippen MR) is 81.5 cm³/mol. The number of anilines is 2. The van der Waals surface area contributed by atoms with Gasteiger partial charge in [-0.2, -0.15) is 4.98 Å². The highest BCUT2D eigenvalue weighted by atomic mass is 16.5. The van der Waals surface area contributed by atoms with E-state index in [1.807, 2.05) is 4.90 Å². The van der Waals surface area contributed by atoms with Crippen molar-refractivity contribution in [2.45, 2.75) is 18.4 Å². The Hall–Kier alpha value is -1.44. The highest BCUT2D eigenvalue weighted by Crippen LogP contribution is 2.29. The van der Waals surface area contributed by atoms with E-state index < -0.39 is 0 Å². The zero-order chi connectivity index (χ0) is 14.9. The van der Waals surface area contributed by atoms with Crippen LogP contribution in [0.1, 0.15) is 18.0 Å². The molecule has 0 saturated carbocycles. The minimum atomic E-state index is -0.256. The fraction of sp³-hybridized carbons (Fsp3) is 0.733. The molecule has 22 heavy (non-hydrogen) atoms. The van der Waals surface area contributed by atoms with Crippen LogP contribution >= 0.6 is 0 Å². The molecule has 0 unspecified atom stereocenters. The van der Waals surface area contributed by atoms with Crippen molar-refractivity contribution in [1.82, 2.24) is 9.97 Å². The van der Waals surface area contributed by atoms with Gasteiger partial charge in [0, 0.05) is 44.8 Å². The SMILES string of the molecule is OC1CN(c2nc([C@H]3CCOC3)cc(N3CCOCC3)n2)C1. The molecule has 3 saturated heterocycles. The van der Waals surface area contributed by atoms with Crippen LogP contribution in [-0.4, -0.2) is 73.8 Å². The van der Waals surface area contributed by atoms with Crippen LogP contribution in [-0.2, 0) is 9.47 Å². The Labute approximate surface area is 129 Å². The van der Waals surface area contributed by atoms with Gasteiger partial charge in [0.2, 0.25) is 5.95 Å². The van der Waals surface area contributed by atoms with Gasteiger partial charge >= 0.3 is 0 Å². The average Bonchev–Trinajstić information content (AvgIpc) is 3.07. The Kier molecular flexibility index (Phi) is 3.85. The van der Waals surface area contributed by atoms with E-state index in [0.29, 0.717) is 19.0 Å². The van der Waals surface area contributed by atoms with Gasteiger partial charge in [-0.1, -0.05) is 0 Å². The molecule has 0 spiro atoms. The number of aromatic nitrogens is 2. The largest absolute Gasteiger partial charge is 0.389 e. The lowest BCUT2D eigenvalue weighted by Gasteiger charge is -2.37. The quantitative estimate of drug-likeness (QED) is 0.842. The van der Waals surface area contributed by atoms with E-state index >= 15 is 0 Å². The molecule has 0 amide bonds. The molecular formula is C15H22N4O3. The summed E-state index contributed by atoms with van der Waals surface area (Å²) in [5, 5.41) is 9.53. The van der Waals surface area contributed by atoms with Gasteiger partial charge in [0.25, 0.3) is 0 Å². The summed E-state index contributed by atoms with van der Waals surface area (Å²) >= 11 is 0. The predicted octanol–water partition coefficient (Wildman–Crippen LogP) is -0.00200. The first kappa shape index (κ1) is 14.2. The normalized spacial score (nSPS) is 26.3. The van der Waals surface area contributed by atoms with Crippen LogP contribution in [0.2, 0.25) is 0 Å². The summed E-state index contributed by atoms with van der Waals surface area (Å²) in [5.41, 5.74) is 1.06. The number of β-amino-alcohol motifs (C(OH)–C–C–N with tert-alkyl or cyclic N) is 1. The highest BCUT2D eigenvalue weighted by molar-refractivity contribution is 5.48. The Balaban J connectivity index is 1.63. The van der Waals surface area contributed by atoms with Crippen molar-refractivity contribution in [2.75, 3.05) is 62.4 Å². The molecule has 0 bridgehead atoms. The van der Waals surface area contributed by atoms with Crippen molar-refractivity contribution in [1.29, 1.82) is 0 Å². The Morgan fingerprint density at radius 2 is 1.86 bits per heavy atom. The molecule has 0 radical (unpaired) electrons. The van der Waals surface area contributed by atoms with Crippen LogP contribution in [0, 0.1) is 0 Å². The van der Waals surface area contributed by atoms with Gasteiger partial charge in [-0.05, 0) is 6.42 Å². The number of morpholine rings is 1. The maximum absolute atomic E-state index is 9.53. The van der Waals surface area contributed by atoms with Crippen LogP contribution in [0.15, 0.2) is 6.07 Å². The zero-order valence-corrected chi connectivity index (χ0v) is 12.6. The second kappa shape index (κ2) is 5.98. The molecule has 7 heteroatoms. The van der Waals surface area contributed by atoms with Gasteiger partial charge < -0.3 is 24.4 Å². The minimum Gasteiger partial charge on any atom is -0.389 e. The fourth-order valence-electron chi connectivity index (χ4n) is 3.13. The summed E-state index contributed by atoms with van der Waals surface area (Å²) in [4.78, 5) is 13.7. The minimum absolute atomic E-state index is 0.256. The number of hydrogen-bond acceptors (Lipinski definition) is 7. The first-order valence-corrected chi connectivity index (χ1v) is 8.02. The van der Waals surface area contributed by atoms with Crippen LogP contribution < -0.4 is 9.80 Å². The van der Waals surface area contributed by atoms with Crippen LogP contribution in [0.5, 0.6) is 0 Å². The van der Waals surface area contributed by atoms with Gasteiger partial charge in [0.1, 0.15) is 5.82 Å². The van der Waals surface area contributed by atoms with Crippen molar-refractivity contribution in [3.05, 3.63) is 11.8 Å². The molecule has 1 aromatic heterocycles. The molecule has 3 aliphatic heterocycles. The van der Waals surface area contributed by atoms with Crippen molar-refractivity contribution >= 4 is 11.8 Å². The van der Waals surface area contributed by atoms with Crippen LogP contribution in [0.3, 0.4) is 0 Å². The summed E-state index contributed by atoms with van der Waals surface area (Å²) in [6, 6.07) is 2.10. The monoisotopic (exact) mass is 306 g/mol. The molecule has 3 fully saturated rings. The van der Waals surface area contributed by atoms with Crippen molar-refractivity contribution in [2.24, 2.45) is 0 Å². The van der Waals surface area contributed by atoms with E-state index in [1.165, 1.54) is 0 Å². The number of aliphatic hydroxyl groups is 1. The summed E-state index contributed by atoms with van der Waals surface area (Å²) in [6.07, 6.45) is 0.760. The first-order valence-electron chi connectivity index (χ1n) is 8.02. The van der Waals surface area contributed by atoms with E-state index in [4.69, 9.17) is 19.4 Å². The third-order valence-corrected chi connectivity index (χ3v) is 4.55. The van der Waals surface area contributed by atoms with E-state index in [1.54, 1.807) is 0 Å². The number of aliphatic hydroxyl groups excluding tert-OH is 1. The third kappa shape index (κ3) is 2.76. The van der Waals surface area contributed by atoms with E-state index in [2.05, 4.69) is 11.0 Å². The third-order valence-electron chi connectivity index (χ3n) is 4.55. The second-order valence-electron chi connectivity index (χ2n) is 6.17.